The number of carbonyl (C=O) groups excluding carboxylic acids is 1. The summed E-state index contributed by atoms with van der Waals surface area (Å²) in [6.45, 7) is 8.74. The van der Waals surface area contributed by atoms with Crippen LogP contribution in [0.25, 0.3) is 0 Å². The number of carbonyl (C=O) groups is 1. The van der Waals surface area contributed by atoms with Crippen molar-refractivity contribution < 1.29 is 38.3 Å². The molecule has 0 aromatic heterocycles. The first-order valence-corrected chi connectivity index (χ1v) is 8.55. The van der Waals surface area contributed by atoms with Gasteiger partial charge in [0.2, 0.25) is 0 Å². The number of ether oxygens (including phenoxy) is 6. The van der Waals surface area contributed by atoms with Crippen LogP contribution in [0.15, 0.2) is 0 Å². The fourth-order valence-corrected chi connectivity index (χ4v) is 2.76. The zero-order valence-electron chi connectivity index (χ0n) is 16.8. The lowest BCUT2D eigenvalue weighted by Crippen LogP contribution is -2.57. The molecular formula is C17H33NO8. The smallest absolute Gasteiger partial charge is 0.412 e. The highest BCUT2D eigenvalue weighted by atomic mass is 16.7. The molecule has 1 rings (SSSR count). The topological polar surface area (TPSA) is 95.9 Å². The molecule has 0 bridgehead atoms. The fourth-order valence-electron chi connectivity index (χ4n) is 2.76. The van der Waals surface area contributed by atoms with E-state index in [0.717, 1.165) is 0 Å². The summed E-state index contributed by atoms with van der Waals surface area (Å²) in [6.07, 6.45) is -1.97. The van der Waals surface area contributed by atoms with Crippen LogP contribution >= 0.6 is 0 Å². The monoisotopic (exact) mass is 379 g/mol. The lowest BCUT2D eigenvalue weighted by atomic mass is 10.0. The second-order valence-electron chi connectivity index (χ2n) is 7.51. The molecule has 1 fully saturated rings. The third-order valence-corrected chi connectivity index (χ3v) is 3.81. The molecule has 0 aromatic rings. The van der Waals surface area contributed by atoms with Crippen molar-refractivity contribution >= 4 is 6.09 Å². The Hall–Kier alpha value is -0.970. The van der Waals surface area contributed by atoms with Gasteiger partial charge in [-0.25, -0.2) is 4.79 Å². The summed E-state index contributed by atoms with van der Waals surface area (Å²) in [5.74, 6) is 0. The SMILES string of the molecule is COCO[C@H]([C@H](CO)OCOC)[C@@H]1COC(C)(C)N1C(=O)OC(C)(C)C. The average molecular weight is 379 g/mol. The van der Waals surface area contributed by atoms with Crippen LogP contribution in [0.3, 0.4) is 0 Å². The number of hydrogen-bond donors (Lipinski definition) is 1. The highest BCUT2D eigenvalue weighted by Gasteiger charge is 2.51. The minimum absolute atomic E-state index is 0.0263. The van der Waals surface area contributed by atoms with E-state index in [-0.39, 0.29) is 26.8 Å². The summed E-state index contributed by atoms with van der Waals surface area (Å²) in [5, 5.41) is 9.75. The van der Waals surface area contributed by atoms with E-state index in [1.54, 1.807) is 34.6 Å². The van der Waals surface area contributed by atoms with Crippen LogP contribution in [0.1, 0.15) is 34.6 Å². The summed E-state index contributed by atoms with van der Waals surface area (Å²) >= 11 is 0. The molecule has 1 N–H and O–H groups in total. The molecule has 154 valence electrons. The van der Waals surface area contributed by atoms with Crippen LogP contribution < -0.4 is 0 Å². The van der Waals surface area contributed by atoms with Gasteiger partial charge in [0, 0.05) is 14.2 Å². The molecule has 0 spiro atoms. The van der Waals surface area contributed by atoms with Gasteiger partial charge in [-0.3, -0.25) is 4.90 Å². The van der Waals surface area contributed by atoms with Gasteiger partial charge in [0.25, 0.3) is 0 Å². The molecular weight excluding hydrogens is 346 g/mol. The molecule has 9 nitrogen and oxygen atoms in total. The third kappa shape index (κ3) is 6.33. The third-order valence-electron chi connectivity index (χ3n) is 3.81. The molecule has 0 aliphatic carbocycles. The Morgan fingerprint density at radius 2 is 1.81 bits per heavy atom. The minimum Gasteiger partial charge on any atom is -0.444 e. The van der Waals surface area contributed by atoms with Gasteiger partial charge < -0.3 is 33.5 Å². The van der Waals surface area contributed by atoms with Crippen molar-refractivity contribution in [1.29, 1.82) is 0 Å². The second-order valence-corrected chi connectivity index (χ2v) is 7.51. The Balaban J connectivity index is 3.09. The number of methoxy groups -OCH3 is 2. The Kier molecular flexibility index (Phi) is 8.71. The average Bonchev–Trinajstić information content (AvgIpc) is 2.84. The quantitative estimate of drug-likeness (QED) is 0.600. The van der Waals surface area contributed by atoms with Crippen LogP contribution in [0.4, 0.5) is 4.79 Å². The van der Waals surface area contributed by atoms with Gasteiger partial charge >= 0.3 is 6.09 Å². The van der Waals surface area contributed by atoms with Crippen molar-refractivity contribution in [1.82, 2.24) is 4.90 Å². The van der Waals surface area contributed by atoms with Crippen LogP contribution in [0, 0.1) is 0 Å². The normalized spacial score (nSPS) is 22.3. The van der Waals surface area contributed by atoms with Crippen molar-refractivity contribution in [3.05, 3.63) is 0 Å². The Morgan fingerprint density at radius 3 is 2.31 bits per heavy atom. The number of hydrogen-bond acceptors (Lipinski definition) is 8. The lowest BCUT2D eigenvalue weighted by Gasteiger charge is -2.39. The largest absolute Gasteiger partial charge is 0.444 e. The van der Waals surface area contributed by atoms with E-state index in [1.807, 2.05) is 0 Å². The van der Waals surface area contributed by atoms with Gasteiger partial charge in [0.15, 0.2) is 0 Å². The van der Waals surface area contributed by atoms with Crippen molar-refractivity contribution in [2.24, 2.45) is 0 Å². The van der Waals surface area contributed by atoms with Crippen molar-refractivity contribution in [3.63, 3.8) is 0 Å². The number of amides is 1. The van der Waals surface area contributed by atoms with E-state index in [1.165, 1.54) is 19.1 Å². The van der Waals surface area contributed by atoms with Gasteiger partial charge in [-0.2, -0.15) is 0 Å². The molecule has 1 aliphatic rings. The summed E-state index contributed by atoms with van der Waals surface area (Å²) in [7, 11) is 2.97. The molecule has 9 heteroatoms. The number of rotatable bonds is 9. The highest BCUT2D eigenvalue weighted by Crippen LogP contribution is 2.33. The van der Waals surface area contributed by atoms with Gasteiger partial charge in [-0.15, -0.1) is 0 Å². The standard InChI is InChI=1S/C17H33NO8/c1-16(2,3)26-15(20)18-12(9-25-17(18,4)5)14(24-11-22-7)13(8-19)23-10-21-6/h12-14,19H,8-11H2,1-7H3/t12-,13-,14-/m0/s1. The molecule has 1 aliphatic heterocycles. The summed E-state index contributed by atoms with van der Waals surface area (Å²) in [4.78, 5) is 14.3. The van der Waals surface area contributed by atoms with E-state index in [9.17, 15) is 9.90 Å². The lowest BCUT2D eigenvalue weighted by molar-refractivity contribution is -0.182. The van der Waals surface area contributed by atoms with Crippen LogP contribution in [0.5, 0.6) is 0 Å². The minimum atomic E-state index is -0.900. The number of aliphatic hydroxyl groups is 1. The van der Waals surface area contributed by atoms with Crippen molar-refractivity contribution in [2.75, 3.05) is 41.0 Å². The van der Waals surface area contributed by atoms with E-state index in [2.05, 4.69) is 0 Å². The maximum Gasteiger partial charge on any atom is 0.412 e. The zero-order chi connectivity index (χ0) is 20.0. The second kappa shape index (κ2) is 9.82. The molecule has 26 heavy (non-hydrogen) atoms. The van der Waals surface area contributed by atoms with Gasteiger partial charge in [0.05, 0.1) is 19.3 Å². The van der Waals surface area contributed by atoms with E-state index in [0.29, 0.717) is 0 Å². The van der Waals surface area contributed by atoms with Gasteiger partial charge in [-0.05, 0) is 34.6 Å². The Labute approximate surface area is 155 Å². The summed E-state index contributed by atoms with van der Waals surface area (Å²) < 4.78 is 32.5. The summed E-state index contributed by atoms with van der Waals surface area (Å²) in [5.41, 5.74) is -1.56. The predicted octanol–water partition coefficient (Wildman–Crippen LogP) is 1.33. The van der Waals surface area contributed by atoms with Crippen molar-refractivity contribution in [2.45, 2.75) is 64.2 Å². The maximum absolute atomic E-state index is 12.8. The first-order valence-electron chi connectivity index (χ1n) is 8.55. The first kappa shape index (κ1) is 23.1. The highest BCUT2D eigenvalue weighted by molar-refractivity contribution is 5.70. The molecule has 0 radical (unpaired) electrons. The number of aliphatic hydroxyl groups excluding tert-OH is 1. The van der Waals surface area contributed by atoms with Crippen molar-refractivity contribution in [3.8, 4) is 0 Å². The molecule has 1 amide bonds. The van der Waals surface area contributed by atoms with Crippen LogP contribution in [0.2, 0.25) is 0 Å². The fraction of sp³-hybridized carbons (Fsp3) is 0.941. The zero-order valence-corrected chi connectivity index (χ0v) is 16.8. The molecule has 3 atom stereocenters. The molecule has 0 saturated carbocycles. The molecule has 1 saturated heterocycles. The van der Waals surface area contributed by atoms with Crippen LogP contribution in [-0.4, -0.2) is 86.7 Å². The predicted molar refractivity (Wildman–Crippen MR) is 92.5 cm³/mol. The van der Waals surface area contributed by atoms with Crippen LogP contribution in [-0.2, 0) is 28.4 Å². The Morgan fingerprint density at radius 1 is 1.23 bits per heavy atom. The summed E-state index contributed by atoms with van der Waals surface area (Å²) in [6, 6.07) is -0.538. The molecule has 1 heterocycles. The number of nitrogens with zero attached hydrogens (tertiary/aromatic N) is 1. The van der Waals surface area contributed by atoms with Gasteiger partial charge in [-0.1, -0.05) is 0 Å². The van der Waals surface area contributed by atoms with Gasteiger partial charge in [0.1, 0.15) is 37.1 Å². The molecule has 0 unspecified atom stereocenters. The maximum atomic E-state index is 12.8. The molecule has 0 aromatic carbocycles. The van der Waals surface area contributed by atoms with E-state index < -0.39 is 35.7 Å². The van der Waals surface area contributed by atoms with E-state index >= 15 is 0 Å². The Bertz CT molecular complexity index is 437. The van der Waals surface area contributed by atoms with E-state index in [4.69, 9.17) is 28.4 Å². The first-order chi connectivity index (χ1) is 12.1.